The van der Waals surface area contributed by atoms with E-state index < -0.39 is 52.4 Å². The summed E-state index contributed by atoms with van der Waals surface area (Å²) in [6.45, 7) is 0. The van der Waals surface area contributed by atoms with Crippen LogP contribution in [0.5, 0.6) is 0 Å². The number of oxime groups is 1. The standard InChI is InChI=1S/C9H4F7N3O2/c10-2-1(9(14,15)16)3(11)5(13)6(4(2)12)18-8(20)7(17)19-21/h21H,(H2,17,19)(H,18,20). The monoisotopic (exact) mass is 319 g/mol. The molecule has 0 aromatic heterocycles. The minimum atomic E-state index is -5.70. The Morgan fingerprint density at radius 3 is 1.81 bits per heavy atom. The molecule has 0 radical (unpaired) electrons. The number of halogens is 7. The molecule has 0 saturated heterocycles. The van der Waals surface area contributed by atoms with Crippen molar-refractivity contribution in [3.05, 3.63) is 28.8 Å². The van der Waals surface area contributed by atoms with Gasteiger partial charge in [0.05, 0.1) is 0 Å². The van der Waals surface area contributed by atoms with Crippen molar-refractivity contribution < 1.29 is 40.7 Å². The van der Waals surface area contributed by atoms with Gasteiger partial charge >= 0.3 is 6.18 Å². The molecule has 0 saturated carbocycles. The molecule has 21 heavy (non-hydrogen) atoms. The molecule has 0 aliphatic rings. The molecular formula is C9H4F7N3O2. The highest BCUT2D eigenvalue weighted by atomic mass is 19.4. The fourth-order valence-corrected chi connectivity index (χ4v) is 1.21. The van der Waals surface area contributed by atoms with E-state index >= 15 is 0 Å². The number of nitrogens with two attached hydrogens (primary N) is 1. The zero-order chi connectivity index (χ0) is 16.5. The lowest BCUT2D eigenvalue weighted by molar-refractivity contribution is -0.143. The lowest BCUT2D eigenvalue weighted by Crippen LogP contribution is -2.31. The molecule has 0 aliphatic carbocycles. The number of benzene rings is 1. The van der Waals surface area contributed by atoms with Crippen LogP contribution in [-0.4, -0.2) is 17.0 Å². The Kier molecular flexibility index (Phi) is 4.29. The topological polar surface area (TPSA) is 87.7 Å². The van der Waals surface area contributed by atoms with Crippen molar-refractivity contribution in [2.24, 2.45) is 10.9 Å². The third-order valence-corrected chi connectivity index (χ3v) is 2.13. The van der Waals surface area contributed by atoms with Gasteiger partial charge in [-0.25, -0.2) is 17.6 Å². The third kappa shape index (κ3) is 2.98. The summed E-state index contributed by atoms with van der Waals surface area (Å²) in [5.41, 5.74) is 0.0708. The van der Waals surface area contributed by atoms with Crippen molar-refractivity contribution in [2.45, 2.75) is 6.18 Å². The smallest absolute Gasteiger partial charge is 0.409 e. The molecule has 0 spiro atoms. The van der Waals surface area contributed by atoms with Crippen LogP contribution in [0.25, 0.3) is 0 Å². The van der Waals surface area contributed by atoms with Crippen LogP contribution in [0.4, 0.5) is 36.4 Å². The number of carbonyl (C=O) groups is 1. The highest BCUT2D eigenvalue weighted by Crippen LogP contribution is 2.38. The number of nitrogens with one attached hydrogen (secondary N) is 1. The molecule has 0 heterocycles. The number of amides is 1. The van der Waals surface area contributed by atoms with Crippen molar-refractivity contribution in [1.29, 1.82) is 0 Å². The number of nitrogens with zero attached hydrogens (tertiary/aromatic N) is 1. The normalized spacial score (nSPS) is 12.4. The predicted octanol–water partition coefficient (Wildman–Crippen LogP) is 1.95. The third-order valence-electron chi connectivity index (χ3n) is 2.13. The molecule has 1 rings (SSSR count). The summed E-state index contributed by atoms with van der Waals surface area (Å²) in [5.74, 6) is -13.5. The average Bonchev–Trinajstić information content (AvgIpc) is 2.38. The van der Waals surface area contributed by atoms with Crippen molar-refractivity contribution in [3.63, 3.8) is 0 Å². The fraction of sp³-hybridized carbons (Fsp3) is 0.111. The lowest BCUT2D eigenvalue weighted by Gasteiger charge is -2.14. The van der Waals surface area contributed by atoms with Crippen LogP contribution in [0.3, 0.4) is 0 Å². The van der Waals surface area contributed by atoms with Gasteiger partial charge < -0.3 is 16.3 Å². The van der Waals surface area contributed by atoms with E-state index in [4.69, 9.17) is 10.9 Å². The van der Waals surface area contributed by atoms with E-state index in [1.807, 2.05) is 0 Å². The van der Waals surface area contributed by atoms with E-state index in [9.17, 15) is 35.5 Å². The van der Waals surface area contributed by atoms with E-state index in [1.54, 1.807) is 0 Å². The number of rotatable bonds is 1. The van der Waals surface area contributed by atoms with E-state index in [1.165, 1.54) is 0 Å². The number of amidine groups is 1. The van der Waals surface area contributed by atoms with Gasteiger partial charge in [-0.1, -0.05) is 5.16 Å². The average molecular weight is 319 g/mol. The van der Waals surface area contributed by atoms with Gasteiger partial charge in [0.25, 0.3) is 5.91 Å². The molecule has 116 valence electrons. The number of anilines is 1. The Morgan fingerprint density at radius 1 is 1.05 bits per heavy atom. The first-order chi connectivity index (χ1) is 9.52. The quantitative estimate of drug-likeness (QED) is 0.185. The van der Waals surface area contributed by atoms with Gasteiger partial charge in [0, 0.05) is 0 Å². The van der Waals surface area contributed by atoms with Gasteiger partial charge in [-0.15, -0.1) is 0 Å². The Labute approximate surface area is 110 Å². The maximum Gasteiger partial charge on any atom is 0.422 e. The van der Waals surface area contributed by atoms with Crippen LogP contribution in [0, 0.1) is 23.3 Å². The summed E-state index contributed by atoms with van der Waals surface area (Å²) in [7, 11) is 0. The minimum absolute atomic E-state index is 1.14. The number of hydrogen-bond donors (Lipinski definition) is 3. The first-order valence-electron chi connectivity index (χ1n) is 4.74. The van der Waals surface area contributed by atoms with Crippen molar-refractivity contribution in [2.75, 3.05) is 5.32 Å². The molecule has 1 aromatic carbocycles. The second kappa shape index (κ2) is 5.46. The molecule has 0 fully saturated rings. The van der Waals surface area contributed by atoms with Gasteiger partial charge in [-0.3, -0.25) is 4.79 Å². The molecular weight excluding hydrogens is 315 g/mol. The summed E-state index contributed by atoms with van der Waals surface area (Å²) in [4.78, 5) is 11.0. The van der Waals surface area contributed by atoms with Crippen LogP contribution in [0.1, 0.15) is 5.56 Å². The molecule has 1 aromatic rings. The predicted molar refractivity (Wildman–Crippen MR) is 53.3 cm³/mol. The summed E-state index contributed by atoms with van der Waals surface area (Å²) in [5, 5.41) is 11.4. The van der Waals surface area contributed by atoms with Gasteiger partial charge in [-0.05, 0) is 0 Å². The fourth-order valence-electron chi connectivity index (χ4n) is 1.21. The number of hydrogen-bond acceptors (Lipinski definition) is 3. The highest BCUT2D eigenvalue weighted by molar-refractivity contribution is 6.41. The maximum absolute atomic E-state index is 13.3. The van der Waals surface area contributed by atoms with Crippen molar-refractivity contribution in [1.82, 2.24) is 0 Å². The van der Waals surface area contributed by atoms with Crippen LogP contribution in [-0.2, 0) is 11.0 Å². The molecule has 0 bridgehead atoms. The first-order valence-corrected chi connectivity index (χ1v) is 4.74. The van der Waals surface area contributed by atoms with E-state index in [-0.39, 0.29) is 0 Å². The Morgan fingerprint density at radius 2 is 1.48 bits per heavy atom. The molecule has 0 unspecified atom stereocenters. The van der Waals surface area contributed by atoms with Crippen molar-refractivity contribution in [3.8, 4) is 0 Å². The van der Waals surface area contributed by atoms with Crippen LogP contribution >= 0.6 is 0 Å². The summed E-state index contributed by atoms with van der Waals surface area (Å²) in [6, 6.07) is 0. The summed E-state index contributed by atoms with van der Waals surface area (Å²) < 4.78 is 89.8. The molecule has 4 N–H and O–H groups in total. The zero-order valence-corrected chi connectivity index (χ0v) is 9.53. The molecule has 5 nitrogen and oxygen atoms in total. The highest BCUT2D eigenvalue weighted by Gasteiger charge is 2.42. The van der Waals surface area contributed by atoms with E-state index in [0.717, 1.165) is 5.32 Å². The summed E-state index contributed by atoms with van der Waals surface area (Å²) in [6.07, 6.45) is -5.70. The number of alkyl halides is 3. The molecule has 12 heteroatoms. The molecule has 0 aliphatic heterocycles. The SMILES string of the molecule is N/C(=N/O)C(=O)Nc1c(F)c(F)c(C(F)(F)F)c(F)c1F. The van der Waals surface area contributed by atoms with Crippen LogP contribution < -0.4 is 11.1 Å². The maximum atomic E-state index is 13.3. The van der Waals surface area contributed by atoms with Gasteiger partial charge in [0.15, 0.2) is 23.3 Å². The minimum Gasteiger partial charge on any atom is -0.409 e. The number of carbonyl (C=O) groups excluding carboxylic acids is 1. The second-order valence-corrected chi connectivity index (χ2v) is 3.44. The van der Waals surface area contributed by atoms with E-state index in [0.29, 0.717) is 0 Å². The Bertz CT molecular complexity index is 598. The largest absolute Gasteiger partial charge is 0.422 e. The van der Waals surface area contributed by atoms with E-state index in [2.05, 4.69) is 5.16 Å². The van der Waals surface area contributed by atoms with Crippen LogP contribution in [0.15, 0.2) is 5.16 Å². The zero-order valence-electron chi connectivity index (χ0n) is 9.53. The van der Waals surface area contributed by atoms with Crippen LogP contribution in [0.2, 0.25) is 0 Å². The second-order valence-electron chi connectivity index (χ2n) is 3.44. The molecule has 1 amide bonds. The lowest BCUT2D eigenvalue weighted by atomic mass is 10.1. The van der Waals surface area contributed by atoms with Gasteiger partial charge in [-0.2, -0.15) is 13.2 Å². The Hall–Kier alpha value is -2.53. The molecule has 0 atom stereocenters. The van der Waals surface area contributed by atoms with Crippen molar-refractivity contribution >= 4 is 17.4 Å². The summed E-state index contributed by atoms with van der Waals surface area (Å²) >= 11 is 0. The first kappa shape index (κ1) is 16.5. The van der Waals surface area contributed by atoms with Gasteiger partial charge in [0.1, 0.15) is 11.3 Å². The Balaban J connectivity index is 3.49. The van der Waals surface area contributed by atoms with Gasteiger partial charge in [0.2, 0.25) is 5.84 Å².